The molecule has 4 aromatic rings. The van der Waals surface area contributed by atoms with Gasteiger partial charge in [0.1, 0.15) is 28.8 Å². The van der Waals surface area contributed by atoms with Crippen LogP contribution in [0.15, 0.2) is 82.2 Å². The summed E-state index contributed by atoms with van der Waals surface area (Å²) in [4.78, 5) is 4.96. The van der Waals surface area contributed by atoms with E-state index < -0.39 is 5.82 Å². The highest BCUT2D eigenvalue weighted by Crippen LogP contribution is 2.26. The normalized spacial score (nSPS) is 12.2. The lowest BCUT2D eigenvalue weighted by Crippen LogP contribution is -2.14. The van der Waals surface area contributed by atoms with Crippen LogP contribution < -0.4 is 14.3 Å². The number of halogens is 2. The fraction of sp³-hybridized carbons (Fsp3) is 0.120. The number of rotatable bonds is 6. The van der Waals surface area contributed by atoms with Crippen molar-refractivity contribution in [1.82, 2.24) is 4.68 Å². The lowest BCUT2D eigenvalue weighted by molar-refractivity contribution is 0.402. The first-order chi connectivity index (χ1) is 16.0. The maximum Gasteiger partial charge on any atom is 0.211 e. The molecular weight excluding hydrogens is 444 g/mol. The number of methoxy groups -OCH3 is 2. The van der Waals surface area contributed by atoms with Crippen molar-refractivity contribution >= 4 is 22.7 Å². The Morgan fingerprint density at radius 1 is 0.939 bits per heavy atom. The number of hydrogen-bond donors (Lipinski definition) is 0. The van der Waals surface area contributed by atoms with E-state index in [9.17, 15) is 8.78 Å². The predicted octanol–water partition coefficient (Wildman–Crippen LogP) is 6.02. The summed E-state index contributed by atoms with van der Waals surface area (Å²) in [5.41, 5.74) is 3.00. The van der Waals surface area contributed by atoms with Gasteiger partial charge in [-0.3, -0.25) is 0 Å². The number of ether oxygens (including phenoxy) is 2. The van der Waals surface area contributed by atoms with Crippen molar-refractivity contribution < 1.29 is 18.3 Å². The number of aromatic nitrogens is 1. The molecular formula is C25H21F2N3O2S. The fourth-order valence-corrected chi connectivity index (χ4v) is 4.08. The van der Waals surface area contributed by atoms with E-state index in [2.05, 4.69) is 4.99 Å². The summed E-state index contributed by atoms with van der Waals surface area (Å²) in [6.45, 7) is 1.84. The predicted molar refractivity (Wildman–Crippen MR) is 126 cm³/mol. The van der Waals surface area contributed by atoms with Gasteiger partial charge in [0.25, 0.3) is 0 Å². The molecule has 0 aliphatic rings. The number of benzene rings is 3. The molecule has 1 aromatic heterocycles. The van der Waals surface area contributed by atoms with Crippen LogP contribution in [-0.4, -0.2) is 24.6 Å². The third-order valence-corrected chi connectivity index (χ3v) is 5.76. The summed E-state index contributed by atoms with van der Waals surface area (Å²) in [7, 11) is 3.17. The van der Waals surface area contributed by atoms with Crippen molar-refractivity contribution in [3.63, 3.8) is 0 Å². The maximum absolute atomic E-state index is 14.3. The van der Waals surface area contributed by atoms with Gasteiger partial charge in [0.05, 0.1) is 25.6 Å². The molecule has 1 heterocycles. The smallest absolute Gasteiger partial charge is 0.211 e. The third-order valence-electron chi connectivity index (χ3n) is 4.94. The van der Waals surface area contributed by atoms with E-state index in [1.165, 1.54) is 29.5 Å². The van der Waals surface area contributed by atoms with Crippen LogP contribution in [0, 0.1) is 11.6 Å². The number of hydrogen-bond acceptors (Lipinski definition) is 5. The summed E-state index contributed by atoms with van der Waals surface area (Å²) in [6, 6.07) is 17.8. The lowest BCUT2D eigenvalue weighted by atomic mass is 10.1. The Hall–Kier alpha value is -3.78. The average Bonchev–Trinajstić information content (AvgIpc) is 3.22. The van der Waals surface area contributed by atoms with Crippen molar-refractivity contribution in [2.24, 2.45) is 10.1 Å². The zero-order valence-electron chi connectivity index (χ0n) is 18.3. The Morgan fingerprint density at radius 2 is 1.70 bits per heavy atom. The Labute approximate surface area is 193 Å². The summed E-state index contributed by atoms with van der Waals surface area (Å²) < 4.78 is 40.3. The fourth-order valence-electron chi connectivity index (χ4n) is 3.24. The zero-order valence-corrected chi connectivity index (χ0v) is 19.1. The molecule has 168 valence electrons. The van der Waals surface area contributed by atoms with Gasteiger partial charge in [-0.1, -0.05) is 12.1 Å². The van der Waals surface area contributed by atoms with Gasteiger partial charge in [-0.15, -0.1) is 11.3 Å². The van der Waals surface area contributed by atoms with Crippen molar-refractivity contribution in [2.45, 2.75) is 6.92 Å². The highest BCUT2D eigenvalue weighted by molar-refractivity contribution is 7.07. The van der Waals surface area contributed by atoms with E-state index >= 15 is 0 Å². The monoisotopic (exact) mass is 465 g/mol. The van der Waals surface area contributed by atoms with Gasteiger partial charge in [-0.2, -0.15) is 5.10 Å². The standard InChI is InChI=1S/C25H21F2N3O2S/c1-16(20-14-19(31-2)12-13-24(20)32-3)29-30-23(17-8-10-18(26)11-9-17)15-33-25(30)28-22-7-5-4-6-21(22)27/h4-15H,1-3H3. The second-order valence-corrected chi connectivity index (χ2v) is 7.87. The molecule has 0 radical (unpaired) electrons. The summed E-state index contributed by atoms with van der Waals surface area (Å²) in [6.07, 6.45) is 0. The highest BCUT2D eigenvalue weighted by atomic mass is 32.1. The van der Waals surface area contributed by atoms with Crippen molar-refractivity contribution in [1.29, 1.82) is 0 Å². The summed E-state index contributed by atoms with van der Waals surface area (Å²) in [5.74, 6) is 0.517. The van der Waals surface area contributed by atoms with E-state index in [-0.39, 0.29) is 11.5 Å². The first-order valence-electron chi connectivity index (χ1n) is 10.0. The van der Waals surface area contributed by atoms with Crippen LogP contribution in [0.2, 0.25) is 0 Å². The second kappa shape index (κ2) is 9.79. The molecule has 0 saturated carbocycles. The minimum Gasteiger partial charge on any atom is -0.497 e. The van der Waals surface area contributed by atoms with Gasteiger partial charge in [0.2, 0.25) is 4.80 Å². The van der Waals surface area contributed by atoms with Gasteiger partial charge < -0.3 is 9.47 Å². The largest absolute Gasteiger partial charge is 0.497 e. The summed E-state index contributed by atoms with van der Waals surface area (Å²) in [5, 5.41) is 6.65. The maximum atomic E-state index is 14.3. The Bertz CT molecular complexity index is 1380. The molecule has 4 rings (SSSR count). The number of para-hydroxylation sites is 1. The third kappa shape index (κ3) is 4.85. The van der Waals surface area contributed by atoms with Crippen LogP contribution >= 0.6 is 11.3 Å². The molecule has 3 aromatic carbocycles. The first-order valence-corrected chi connectivity index (χ1v) is 10.9. The first kappa shape index (κ1) is 22.4. The van der Waals surface area contributed by atoms with E-state index in [4.69, 9.17) is 14.6 Å². The van der Waals surface area contributed by atoms with E-state index in [1.807, 2.05) is 18.4 Å². The molecule has 33 heavy (non-hydrogen) atoms. The lowest BCUT2D eigenvalue weighted by Gasteiger charge is -2.11. The minimum atomic E-state index is -0.434. The van der Waals surface area contributed by atoms with Gasteiger partial charge >= 0.3 is 0 Å². The molecule has 5 nitrogen and oxygen atoms in total. The van der Waals surface area contributed by atoms with Crippen molar-refractivity contribution in [3.05, 3.63) is 94.1 Å². The quantitative estimate of drug-likeness (QED) is 0.327. The van der Waals surface area contributed by atoms with Gasteiger partial charge in [-0.25, -0.2) is 18.4 Å². The van der Waals surface area contributed by atoms with Gasteiger partial charge in [0.15, 0.2) is 0 Å². The minimum absolute atomic E-state index is 0.200. The van der Waals surface area contributed by atoms with Crippen molar-refractivity contribution in [3.8, 4) is 22.8 Å². The molecule has 0 atom stereocenters. The Kier molecular flexibility index (Phi) is 6.65. The molecule has 0 aliphatic carbocycles. The molecule has 0 spiro atoms. The second-order valence-electron chi connectivity index (χ2n) is 7.04. The molecule has 0 aliphatic heterocycles. The highest BCUT2D eigenvalue weighted by Gasteiger charge is 2.13. The Balaban J connectivity index is 1.93. The van der Waals surface area contributed by atoms with Gasteiger partial charge in [-0.05, 0) is 61.5 Å². The molecule has 8 heteroatoms. The summed E-state index contributed by atoms with van der Waals surface area (Å²) >= 11 is 1.31. The molecule has 0 saturated heterocycles. The topological polar surface area (TPSA) is 48.1 Å². The van der Waals surface area contributed by atoms with Gasteiger partial charge in [0, 0.05) is 16.5 Å². The zero-order chi connectivity index (χ0) is 23.4. The number of thiazole rings is 1. The Morgan fingerprint density at radius 3 is 2.39 bits per heavy atom. The molecule has 0 N–H and O–H groups in total. The van der Waals surface area contributed by atoms with E-state index in [0.29, 0.717) is 27.7 Å². The average molecular weight is 466 g/mol. The van der Waals surface area contributed by atoms with Crippen LogP contribution in [0.3, 0.4) is 0 Å². The molecule has 0 unspecified atom stereocenters. The molecule has 0 amide bonds. The number of nitrogens with zero attached hydrogens (tertiary/aromatic N) is 3. The van der Waals surface area contributed by atoms with Crippen LogP contribution in [0.25, 0.3) is 11.3 Å². The van der Waals surface area contributed by atoms with Crippen LogP contribution in [0.4, 0.5) is 14.5 Å². The van der Waals surface area contributed by atoms with Crippen LogP contribution in [0.1, 0.15) is 12.5 Å². The van der Waals surface area contributed by atoms with E-state index in [1.54, 1.807) is 61.4 Å². The molecule has 0 bridgehead atoms. The van der Waals surface area contributed by atoms with Crippen LogP contribution in [-0.2, 0) is 0 Å². The van der Waals surface area contributed by atoms with Crippen molar-refractivity contribution in [2.75, 3.05) is 14.2 Å². The molecule has 0 fully saturated rings. The van der Waals surface area contributed by atoms with E-state index in [0.717, 1.165) is 11.1 Å². The SMILES string of the molecule is COc1ccc(OC)c(C(C)=Nn2c(-c3ccc(F)cc3)csc2=Nc2ccccc2F)c1. The van der Waals surface area contributed by atoms with Crippen LogP contribution in [0.5, 0.6) is 11.5 Å².